The molecule has 0 radical (unpaired) electrons. The van der Waals surface area contributed by atoms with Crippen molar-refractivity contribution in [2.24, 2.45) is 0 Å². The number of benzene rings is 3. The molecule has 0 saturated heterocycles. The lowest BCUT2D eigenvalue weighted by Gasteiger charge is -2.20. The summed E-state index contributed by atoms with van der Waals surface area (Å²) >= 11 is 0. The highest BCUT2D eigenvalue weighted by atomic mass is 16.5. The van der Waals surface area contributed by atoms with Gasteiger partial charge in [-0.15, -0.1) is 0 Å². The minimum atomic E-state index is -0.124. The number of unbranched alkanes of at least 4 members (excludes halogenated alkanes) is 4. The van der Waals surface area contributed by atoms with E-state index in [2.05, 4.69) is 61.5 Å². The van der Waals surface area contributed by atoms with Gasteiger partial charge in [0.25, 0.3) is 0 Å². The Balaban J connectivity index is 1.59. The molecule has 2 heteroatoms. The van der Waals surface area contributed by atoms with Gasteiger partial charge in [-0.2, -0.15) is 0 Å². The molecule has 0 aromatic heterocycles. The van der Waals surface area contributed by atoms with Crippen LogP contribution in [0.3, 0.4) is 0 Å². The van der Waals surface area contributed by atoms with Gasteiger partial charge in [0.1, 0.15) is 5.75 Å². The monoisotopic (exact) mass is 398 g/mol. The average Bonchev–Trinajstić information content (AvgIpc) is 2.79. The van der Waals surface area contributed by atoms with E-state index >= 15 is 0 Å². The highest BCUT2D eigenvalue weighted by Gasteiger charge is 2.19. The SMILES string of the molecule is CCCCCCCC(=O)Oc1c(C2=CCc3ccccc3C2)ccc2ccccc12. The molecule has 0 atom stereocenters. The van der Waals surface area contributed by atoms with E-state index < -0.39 is 0 Å². The maximum absolute atomic E-state index is 12.7. The minimum absolute atomic E-state index is 0.124. The van der Waals surface area contributed by atoms with Crippen LogP contribution < -0.4 is 4.74 Å². The zero-order chi connectivity index (χ0) is 20.8. The van der Waals surface area contributed by atoms with E-state index in [1.807, 2.05) is 12.1 Å². The molecule has 0 saturated carbocycles. The number of carbonyl (C=O) groups excluding carboxylic acids is 1. The quantitative estimate of drug-likeness (QED) is 0.226. The fraction of sp³-hybridized carbons (Fsp3) is 0.321. The molecule has 0 amide bonds. The summed E-state index contributed by atoms with van der Waals surface area (Å²) in [5.74, 6) is 0.596. The summed E-state index contributed by atoms with van der Waals surface area (Å²) in [5, 5.41) is 2.11. The first kappa shape index (κ1) is 20.4. The Morgan fingerprint density at radius 3 is 2.50 bits per heavy atom. The summed E-state index contributed by atoms with van der Waals surface area (Å²) in [5.41, 5.74) is 5.02. The summed E-state index contributed by atoms with van der Waals surface area (Å²) < 4.78 is 6.03. The summed E-state index contributed by atoms with van der Waals surface area (Å²) in [6, 6.07) is 21.0. The standard InChI is InChI=1S/C28H30O2/c1-2-3-4-5-6-15-27(29)30-28-25-14-10-9-12-22(25)18-19-26(28)24-17-16-21-11-7-8-13-23(21)20-24/h7-14,17-19H,2-6,15-16,20H2,1H3. The van der Waals surface area contributed by atoms with Gasteiger partial charge in [-0.1, -0.05) is 99.3 Å². The van der Waals surface area contributed by atoms with Gasteiger partial charge in [0.05, 0.1) is 0 Å². The van der Waals surface area contributed by atoms with Crippen LogP contribution in [0.2, 0.25) is 0 Å². The van der Waals surface area contributed by atoms with Crippen molar-refractivity contribution < 1.29 is 9.53 Å². The lowest BCUT2D eigenvalue weighted by molar-refractivity contribution is -0.134. The van der Waals surface area contributed by atoms with Crippen molar-refractivity contribution in [2.75, 3.05) is 0 Å². The number of esters is 1. The van der Waals surface area contributed by atoms with Crippen molar-refractivity contribution in [1.29, 1.82) is 0 Å². The number of hydrogen-bond donors (Lipinski definition) is 0. The second-order valence-electron chi connectivity index (χ2n) is 8.18. The first-order valence-corrected chi connectivity index (χ1v) is 11.2. The fourth-order valence-electron chi connectivity index (χ4n) is 4.29. The van der Waals surface area contributed by atoms with Gasteiger partial charge in [0.2, 0.25) is 0 Å². The van der Waals surface area contributed by atoms with Crippen LogP contribution in [0.25, 0.3) is 16.3 Å². The Morgan fingerprint density at radius 1 is 0.867 bits per heavy atom. The van der Waals surface area contributed by atoms with Crippen molar-refractivity contribution in [3.05, 3.63) is 83.4 Å². The van der Waals surface area contributed by atoms with Crippen molar-refractivity contribution in [2.45, 2.75) is 58.3 Å². The number of rotatable bonds is 8. The van der Waals surface area contributed by atoms with Crippen LogP contribution in [-0.4, -0.2) is 5.97 Å². The molecule has 0 bridgehead atoms. The molecule has 30 heavy (non-hydrogen) atoms. The highest BCUT2D eigenvalue weighted by Crippen LogP contribution is 2.38. The zero-order valence-electron chi connectivity index (χ0n) is 17.8. The van der Waals surface area contributed by atoms with Crippen LogP contribution in [0.5, 0.6) is 5.75 Å². The minimum Gasteiger partial charge on any atom is -0.425 e. The van der Waals surface area contributed by atoms with Crippen LogP contribution in [0.1, 0.15) is 62.1 Å². The van der Waals surface area contributed by atoms with Crippen LogP contribution in [0.15, 0.2) is 66.7 Å². The number of fused-ring (bicyclic) bond motifs is 2. The molecule has 0 heterocycles. The second kappa shape index (κ2) is 9.75. The van der Waals surface area contributed by atoms with Crippen molar-refractivity contribution in [1.82, 2.24) is 0 Å². The summed E-state index contributed by atoms with van der Waals surface area (Å²) in [7, 11) is 0. The molecule has 154 valence electrons. The van der Waals surface area contributed by atoms with E-state index in [4.69, 9.17) is 4.74 Å². The van der Waals surface area contributed by atoms with Gasteiger partial charge in [-0.05, 0) is 41.3 Å². The molecule has 0 fully saturated rings. The number of carbonyl (C=O) groups is 1. The van der Waals surface area contributed by atoms with E-state index in [1.54, 1.807) is 0 Å². The van der Waals surface area contributed by atoms with E-state index in [1.165, 1.54) is 36.0 Å². The van der Waals surface area contributed by atoms with Crippen LogP contribution in [-0.2, 0) is 17.6 Å². The topological polar surface area (TPSA) is 26.3 Å². The maximum atomic E-state index is 12.7. The summed E-state index contributed by atoms with van der Waals surface area (Å²) in [4.78, 5) is 12.7. The summed E-state index contributed by atoms with van der Waals surface area (Å²) in [6.45, 7) is 2.20. The predicted molar refractivity (Wildman–Crippen MR) is 125 cm³/mol. The van der Waals surface area contributed by atoms with Gasteiger partial charge in [-0.25, -0.2) is 0 Å². The van der Waals surface area contributed by atoms with Crippen LogP contribution in [0, 0.1) is 0 Å². The normalized spacial score (nSPS) is 13.0. The average molecular weight is 399 g/mol. The molecule has 0 N–H and O–H groups in total. The second-order valence-corrected chi connectivity index (χ2v) is 8.18. The third-order valence-corrected chi connectivity index (χ3v) is 5.99. The van der Waals surface area contributed by atoms with Crippen molar-refractivity contribution in [3.8, 4) is 5.75 Å². The van der Waals surface area contributed by atoms with Crippen molar-refractivity contribution >= 4 is 22.3 Å². The molecule has 4 rings (SSSR count). The molecule has 2 nitrogen and oxygen atoms in total. The number of hydrogen-bond acceptors (Lipinski definition) is 2. The highest BCUT2D eigenvalue weighted by molar-refractivity contribution is 5.96. The van der Waals surface area contributed by atoms with Crippen LogP contribution >= 0.6 is 0 Å². The Labute approximate surface area is 179 Å². The molecule has 3 aromatic carbocycles. The molecule has 3 aromatic rings. The third kappa shape index (κ3) is 4.64. The lowest BCUT2D eigenvalue weighted by Crippen LogP contribution is -2.11. The van der Waals surface area contributed by atoms with Gasteiger partial charge < -0.3 is 4.74 Å². The third-order valence-electron chi connectivity index (χ3n) is 5.99. The molecule has 1 aliphatic carbocycles. The fourth-order valence-corrected chi connectivity index (χ4v) is 4.29. The first-order chi connectivity index (χ1) is 14.8. The van der Waals surface area contributed by atoms with Gasteiger partial charge in [-0.3, -0.25) is 4.79 Å². The molecule has 1 aliphatic rings. The number of ether oxygens (including phenoxy) is 1. The van der Waals surface area contributed by atoms with Gasteiger partial charge >= 0.3 is 5.97 Å². The van der Waals surface area contributed by atoms with E-state index in [-0.39, 0.29) is 5.97 Å². The predicted octanol–water partition coefficient (Wildman–Crippen LogP) is 7.29. The molecular weight excluding hydrogens is 368 g/mol. The smallest absolute Gasteiger partial charge is 0.311 e. The molecule has 0 unspecified atom stereocenters. The largest absolute Gasteiger partial charge is 0.425 e. The zero-order valence-corrected chi connectivity index (χ0v) is 17.8. The molecular formula is C28H30O2. The van der Waals surface area contributed by atoms with Crippen LogP contribution in [0.4, 0.5) is 0 Å². The summed E-state index contributed by atoms with van der Waals surface area (Å²) in [6.07, 6.45) is 10.2. The van der Waals surface area contributed by atoms with E-state index in [0.717, 1.165) is 47.8 Å². The van der Waals surface area contributed by atoms with E-state index in [9.17, 15) is 4.79 Å². The molecule has 0 spiro atoms. The lowest BCUT2D eigenvalue weighted by atomic mass is 9.87. The Hall–Kier alpha value is -2.87. The van der Waals surface area contributed by atoms with Gasteiger partial charge in [0, 0.05) is 17.4 Å². The Kier molecular flexibility index (Phi) is 6.63. The first-order valence-electron chi connectivity index (χ1n) is 11.2. The van der Waals surface area contributed by atoms with Crippen molar-refractivity contribution in [3.63, 3.8) is 0 Å². The number of allylic oxidation sites excluding steroid dienone is 2. The Bertz CT molecular complexity index is 1060. The maximum Gasteiger partial charge on any atom is 0.311 e. The van der Waals surface area contributed by atoms with Gasteiger partial charge in [0.15, 0.2) is 0 Å². The Morgan fingerprint density at radius 2 is 1.63 bits per heavy atom. The van der Waals surface area contributed by atoms with E-state index in [0.29, 0.717) is 6.42 Å². The molecule has 0 aliphatic heterocycles.